The molecule has 0 radical (unpaired) electrons. The standard InChI is InChI=1S/C10H10Cl3NO2/c1-16-10(15)8(14)3-5-2-6(11)4-7(12)9(5)13/h2,4,8H,3,14H2,1H3/t8-/m1/s1. The van der Waals surface area contributed by atoms with E-state index in [1.807, 2.05) is 0 Å². The number of nitrogens with two attached hydrogens (primary N) is 1. The summed E-state index contributed by atoms with van der Waals surface area (Å²) in [6.45, 7) is 0. The average molecular weight is 283 g/mol. The Hall–Kier alpha value is -0.480. The number of methoxy groups -OCH3 is 1. The van der Waals surface area contributed by atoms with Crippen LogP contribution in [0, 0.1) is 0 Å². The number of ether oxygens (including phenoxy) is 1. The third kappa shape index (κ3) is 3.25. The van der Waals surface area contributed by atoms with Crippen molar-refractivity contribution in [2.75, 3.05) is 7.11 Å². The van der Waals surface area contributed by atoms with Crippen molar-refractivity contribution >= 4 is 40.8 Å². The first-order chi connectivity index (χ1) is 7.45. The van der Waals surface area contributed by atoms with Crippen LogP contribution in [0.25, 0.3) is 0 Å². The summed E-state index contributed by atoms with van der Waals surface area (Å²) in [5.41, 5.74) is 6.23. The number of carbonyl (C=O) groups excluding carboxylic acids is 1. The molecule has 0 aromatic heterocycles. The van der Waals surface area contributed by atoms with E-state index >= 15 is 0 Å². The molecule has 6 heteroatoms. The Morgan fingerprint density at radius 3 is 2.62 bits per heavy atom. The van der Waals surface area contributed by atoms with Crippen LogP contribution in [0.15, 0.2) is 12.1 Å². The van der Waals surface area contributed by atoms with Crippen molar-refractivity contribution in [1.29, 1.82) is 0 Å². The van der Waals surface area contributed by atoms with E-state index in [0.29, 0.717) is 20.6 Å². The van der Waals surface area contributed by atoms with Crippen molar-refractivity contribution in [2.45, 2.75) is 12.5 Å². The molecule has 0 fully saturated rings. The van der Waals surface area contributed by atoms with Gasteiger partial charge in [-0.3, -0.25) is 4.79 Å². The van der Waals surface area contributed by atoms with Crippen LogP contribution in [0.4, 0.5) is 0 Å². The van der Waals surface area contributed by atoms with E-state index in [-0.39, 0.29) is 6.42 Å². The lowest BCUT2D eigenvalue weighted by atomic mass is 10.1. The van der Waals surface area contributed by atoms with Crippen molar-refractivity contribution in [3.05, 3.63) is 32.8 Å². The summed E-state index contributed by atoms with van der Waals surface area (Å²) >= 11 is 17.6. The number of carbonyl (C=O) groups is 1. The van der Waals surface area contributed by atoms with E-state index in [9.17, 15) is 4.79 Å². The van der Waals surface area contributed by atoms with Gasteiger partial charge in [-0.1, -0.05) is 34.8 Å². The second-order valence-electron chi connectivity index (χ2n) is 3.19. The predicted octanol–water partition coefficient (Wildman–Crippen LogP) is 2.69. The van der Waals surface area contributed by atoms with Crippen LogP contribution in [0.3, 0.4) is 0 Å². The topological polar surface area (TPSA) is 52.3 Å². The van der Waals surface area contributed by atoms with Crippen LogP contribution in [0.2, 0.25) is 15.1 Å². The molecule has 1 atom stereocenters. The second-order valence-corrected chi connectivity index (χ2v) is 4.42. The first-order valence-corrected chi connectivity index (χ1v) is 5.56. The van der Waals surface area contributed by atoms with Gasteiger partial charge in [0, 0.05) is 5.02 Å². The molecule has 0 amide bonds. The third-order valence-electron chi connectivity index (χ3n) is 2.01. The van der Waals surface area contributed by atoms with Crippen molar-refractivity contribution in [3.63, 3.8) is 0 Å². The molecule has 0 saturated heterocycles. The van der Waals surface area contributed by atoms with Gasteiger partial charge in [-0.25, -0.2) is 0 Å². The van der Waals surface area contributed by atoms with Crippen LogP contribution >= 0.6 is 34.8 Å². The number of rotatable bonds is 3. The summed E-state index contributed by atoms with van der Waals surface area (Å²) in [7, 11) is 1.27. The van der Waals surface area contributed by atoms with Crippen molar-refractivity contribution in [3.8, 4) is 0 Å². The lowest BCUT2D eigenvalue weighted by molar-refractivity contribution is -0.142. The normalized spacial score (nSPS) is 12.3. The van der Waals surface area contributed by atoms with Crippen LogP contribution in [-0.2, 0) is 16.0 Å². The fourth-order valence-electron chi connectivity index (χ4n) is 1.23. The van der Waals surface area contributed by atoms with Gasteiger partial charge in [-0.15, -0.1) is 0 Å². The molecule has 88 valence electrons. The van der Waals surface area contributed by atoms with Gasteiger partial charge in [0.25, 0.3) is 0 Å². The zero-order chi connectivity index (χ0) is 12.3. The molecule has 2 N–H and O–H groups in total. The van der Waals surface area contributed by atoms with Gasteiger partial charge in [-0.2, -0.15) is 0 Å². The molecule has 3 nitrogen and oxygen atoms in total. The van der Waals surface area contributed by atoms with Crippen molar-refractivity contribution < 1.29 is 9.53 Å². The number of esters is 1. The minimum atomic E-state index is -0.781. The van der Waals surface area contributed by atoms with Crippen LogP contribution in [0.5, 0.6) is 0 Å². The molecule has 0 aliphatic carbocycles. The van der Waals surface area contributed by atoms with E-state index < -0.39 is 12.0 Å². The molecule has 0 spiro atoms. The Labute approximate surface area is 108 Å². The third-order valence-corrected chi connectivity index (χ3v) is 3.07. The Balaban J connectivity index is 2.93. The fraction of sp³-hybridized carbons (Fsp3) is 0.300. The van der Waals surface area contributed by atoms with Gasteiger partial charge in [0.15, 0.2) is 0 Å². The highest BCUT2D eigenvalue weighted by atomic mass is 35.5. The van der Waals surface area contributed by atoms with Crippen molar-refractivity contribution in [2.24, 2.45) is 5.73 Å². The molecule has 0 bridgehead atoms. The smallest absolute Gasteiger partial charge is 0.322 e. The van der Waals surface area contributed by atoms with Crippen LogP contribution < -0.4 is 5.73 Å². The molecule has 1 rings (SSSR count). The Kier molecular flexibility index (Phi) is 4.87. The number of halogens is 3. The van der Waals surface area contributed by atoms with Crippen LogP contribution in [-0.4, -0.2) is 19.1 Å². The highest BCUT2D eigenvalue weighted by molar-refractivity contribution is 6.43. The van der Waals surface area contributed by atoms with E-state index in [1.54, 1.807) is 6.07 Å². The maximum Gasteiger partial charge on any atom is 0.322 e. The zero-order valence-corrected chi connectivity index (χ0v) is 10.7. The highest BCUT2D eigenvalue weighted by Gasteiger charge is 2.17. The van der Waals surface area contributed by atoms with Gasteiger partial charge < -0.3 is 10.5 Å². The molecule has 0 saturated carbocycles. The number of benzene rings is 1. The van der Waals surface area contributed by atoms with Gasteiger partial charge in [-0.05, 0) is 24.1 Å². The summed E-state index contributed by atoms with van der Waals surface area (Å²) in [5.74, 6) is -0.507. The number of hydrogen-bond acceptors (Lipinski definition) is 3. The summed E-state index contributed by atoms with van der Waals surface area (Å²) in [6.07, 6.45) is 0.228. The maximum atomic E-state index is 11.1. The van der Waals surface area contributed by atoms with Gasteiger partial charge >= 0.3 is 5.97 Å². The first kappa shape index (κ1) is 13.6. The minimum absolute atomic E-state index is 0.228. The molecule has 1 aromatic rings. The Morgan fingerprint density at radius 2 is 2.06 bits per heavy atom. The van der Waals surface area contributed by atoms with E-state index in [4.69, 9.17) is 40.5 Å². The van der Waals surface area contributed by atoms with E-state index in [2.05, 4.69) is 4.74 Å². The Bertz CT molecular complexity index is 409. The zero-order valence-electron chi connectivity index (χ0n) is 8.47. The molecule has 16 heavy (non-hydrogen) atoms. The molecule has 0 aliphatic heterocycles. The number of hydrogen-bond donors (Lipinski definition) is 1. The minimum Gasteiger partial charge on any atom is -0.468 e. The van der Waals surface area contributed by atoms with E-state index in [0.717, 1.165) is 0 Å². The van der Waals surface area contributed by atoms with Crippen LogP contribution in [0.1, 0.15) is 5.56 Å². The van der Waals surface area contributed by atoms with Crippen molar-refractivity contribution in [1.82, 2.24) is 0 Å². The predicted molar refractivity (Wildman–Crippen MR) is 65.2 cm³/mol. The van der Waals surface area contributed by atoms with Gasteiger partial charge in [0.05, 0.1) is 17.2 Å². The fourth-order valence-corrected chi connectivity index (χ4v) is 1.95. The maximum absolute atomic E-state index is 11.1. The van der Waals surface area contributed by atoms with E-state index in [1.165, 1.54) is 13.2 Å². The summed E-state index contributed by atoms with van der Waals surface area (Å²) in [4.78, 5) is 11.1. The molecular weight excluding hydrogens is 272 g/mol. The largest absolute Gasteiger partial charge is 0.468 e. The average Bonchev–Trinajstić information content (AvgIpc) is 2.23. The lowest BCUT2D eigenvalue weighted by Crippen LogP contribution is -2.33. The quantitative estimate of drug-likeness (QED) is 0.685. The summed E-state index contributed by atoms with van der Waals surface area (Å²) in [6, 6.07) is 2.37. The molecule has 1 aromatic carbocycles. The monoisotopic (exact) mass is 281 g/mol. The van der Waals surface area contributed by atoms with Gasteiger partial charge in [0.2, 0.25) is 0 Å². The van der Waals surface area contributed by atoms with Gasteiger partial charge in [0.1, 0.15) is 6.04 Å². The Morgan fingerprint density at radius 1 is 1.44 bits per heavy atom. The molecule has 0 heterocycles. The first-order valence-electron chi connectivity index (χ1n) is 4.42. The lowest BCUT2D eigenvalue weighted by Gasteiger charge is -2.11. The molecule has 0 aliphatic rings. The highest BCUT2D eigenvalue weighted by Crippen LogP contribution is 2.30. The summed E-state index contributed by atoms with van der Waals surface area (Å²) in [5, 5.41) is 1.13. The molecular formula is C10H10Cl3NO2. The second kappa shape index (κ2) is 5.73. The molecule has 0 unspecified atom stereocenters. The SMILES string of the molecule is COC(=O)[C@H](N)Cc1cc(Cl)cc(Cl)c1Cl. The summed E-state index contributed by atoms with van der Waals surface area (Å²) < 4.78 is 4.51.